The molecule has 0 aliphatic heterocycles. The van der Waals surface area contributed by atoms with Crippen LogP contribution in [0.1, 0.15) is 11.1 Å². The molecule has 0 saturated carbocycles. The summed E-state index contributed by atoms with van der Waals surface area (Å²) in [6.07, 6.45) is 1.72. The van der Waals surface area contributed by atoms with E-state index in [1.165, 1.54) is 5.56 Å². The summed E-state index contributed by atoms with van der Waals surface area (Å²) in [4.78, 5) is 0. The predicted molar refractivity (Wildman–Crippen MR) is 81.9 cm³/mol. The zero-order chi connectivity index (χ0) is 14.4. The third-order valence-electron chi connectivity index (χ3n) is 2.86. The second-order valence-corrected chi connectivity index (χ2v) is 4.35. The van der Waals surface area contributed by atoms with Crippen LogP contribution in [0.2, 0.25) is 0 Å². The van der Waals surface area contributed by atoms with Gasteiger partial charge in [0, 0.05) is 11.6 Å². The van der Waals surface area contributed by atoms with Crippen LogP contribution in [-0.2, 0) is 0 Å². The maximum absolute atomic E-state index is 5.31. The van der Waals surface area contributed by atoms with Crippen molar-refractivity contribution >= 4 is 11.9 Å². The molecular weight excluding hydrogens is 252 g/mol. The van der Waals surface area contributed by atoms with Gasteiger partial charge in [0.15, 0.2) is 0 Å². The van der Waals surface area contributed by atoms with E-state index < -0.39 is 0 Å². The molecule has 0 aliphatic carbocycles. The van der Waals surface area contributed by atoms with Crippen LogP contribution in [0.3, 0.4) is 0 Å². The molecule has 0 aliphatic rings. The Morgan fingerprint density at radius 3 is 2.60 bits per heavy atom. The molecule has 0 unspecified atom stereocenters. The Bertz CT molecular complexity index is 609. The number of anilines is 1. The first-order valence-corrected chi connectivity index (χ1v) is 6.30. The van der Waals surface area contributed by atoms with Gasteiger partial charge in [0.2, 0.25) is 0 Å². The highest BCUT2D eigenvalue weighted by Crippen LogP contribution is 2.23. The quantitative estimate of drug-likeness (QED) is 0.668. The minimum Gasteiger partial charge on any atom is -0.497 e. The highest BCUT2D eigenvalue weighted by Gasteiger charge is 2.02. The van der Waals surface area contributed by atoms with Gasteiger partial charge >= 0.3 is 0 Å². The van der Waals surface area contributed by atoms with Crippen LogP contribution in [0.4, 0.5) is 5.69 Å². The standard InChI is InChI=1S/C16H18N2O2/c1-12-5-4-6-14(9-12)18-17-11-13-7-8-15(19-2)10-16(13)20-3/h4-11,18H,1-3H3/b17-11+. The van der Waals surface area contributed by atoms with Gasteiger partial charge in [-0.15, -0.1) is 0 Å². The van der Waals surface area contributed by atoms with E-state index in [0.717, 1.165) is 22.7 Å². The first-order valence-electron chi connectivity index (χ1n) is 6.30. The Labute approximate surface area is 119 Å². The van der Waals surface area contributed by atoms with Crippen LogP contribution in [0.5, 0.6) is 11.5 Å². The third-order valence-corrected chi connectivity index (χ3v) is 2.86. The van der Waals surface area contributed by atoms with Gasteiger partial charge in [-0.25, -0.2) is 0 Å². The van der Waals surface area contributed by atoms with Crippen molar-refractivity contribution in [1.29, 1.82) is 0 Å². The fourth-order valence-corrected chi connectivity index (χ4v) is 1.82. The SMILES string of the molecule is COc1ccc(/C=N/Nc2cccc(C)c2)c(OC)c1. The van der Waals surface area contributed by atoms with Crippen LogP contribution < -0.4 is 14.9 Å². The van der Waals surface area contributed by atoms with Gasteiger partial charge in [-0.05, 0) is 36.8 Å². The molecule has 0 fully saturated rings. The van der Waals surface area contributed by atoms with Gasteiger partial charge in [0.1, 0.15) is 11.5 Å². The third kappa shape index (κ3) is 3.51. The molecular formula is C16H18N2O2. The van der Waals surface area contributed by atoms with Crippen LogP contribution in [0, 0.1) is 6.92 Å². The first kappa shape index (κ1) is 13.9. The number of hydrazone groups is 1. The van der Waals surface area contributed by atoms with Gasteiger partial charge in [-0.2, -0.15) is 5.10 Å². The lowest BCUT2D eigenvalue weighted by molar-refractivity contribution is 0.394. The molecule has 2 aromatic carbocycles. The Morgan fingerprint density at radius 1 is 1.05 bits per heavy atom. The van der Waals surface area contributed by atoms with E-state index in [9.17, 15) is 0 Å². The van der Waals surface area contributed by atoms with Crippen LogP contribution in [0.25, 0.3) is 0 Å². The first-order chi connectivity index (χ1) is 9.72. The minimum absolute atomic E-state index is 0.721. The number of hydrogen-bond acceptors (Lipinski definition) is 4. The van der Waals surface area contributed by atoms with Crippen molar-refractivity contribution in [2.24, 2.45) is 5.10 Å². The summed E-state index contributed by atoms with van der Waals surface area (Å²) in [5.74, 6) is 1.48. The fourth-order valence-electron chi connectivity index (χ4n) is 1.82. The van der Waals surface area contributed by atoms with E-state index in [1.807, 2.05) is 49.4 Å². The highest BCUT2D eigenvalue weighted by atomic mass is 16.5. The maximum Gasteiger partial charge on any atom is 0.131 e. The summed E-state index contributed by atoms with van der Waals surface area (Å²) in [5, 5.41) is 4.22. The van der Waals surface area contributed by atoms with Gasteiger partial charge in [-0.1, -0.05) is 12.1 Å². The highest BCUT2D eigenvalue weighted by molar-refractivity contribution is 5.84. The van der Waals surface area contributed by atoms with Crippen LogP contribution in [0.15, 0.2) is 47.6 Å². The second-order valence-electron chi connectivity index (χ2n) is 4.35. The number of nitrogens with zero attached hydrogens (tertiary/aromatic N) is 1. The largest absolute Gasteiger partial charge is 0.497 e. The second kappa shape index (κ2) is 6.61. The van der Waals surface area contributed by atoms with Gasteiger partial charge < -0.3 is 9.47 Å². The fraction of sp³-hybridized carbons (Fsp3) is 0.188. The van der Waals surface area contributed by atoms with Crippen molar-refractivity contribution in [3.8, 4) is 11.5 Å². The van der Waals surface area contributed by atoms with E-state index >= 15 is 0 Å². The molecule has 1 N–H and O–H groups in total. The van der Waals surface area contributed by atoms with Gasteiger partial charge in [0.05, 0.1) is 26.1 Å². The summed E-state index contributed by atoms with van der Waals surface area (Å²) in [6, 6.07) is 13.6. The lowest BCUT2D eigenvalue weighted by atomic mass is 10.2. The Hall–Kier alpha value is -2.49. The lowest BCUT2D eigenvalue weighted by Gasteiger charge is -2.07. The topological polar surface area (TPSA) is 42.8 Å². The van der Waals surface area contributed by atoms with Crippen LogP contribution in [-0.4, -0.2) is 20.4 Å². The summed E-state index contributed by atoms with van der Waals surface area (Å²) < 4.78 is 10.5. The van der Waals surface area contributed by atoms with Crippen molar-refractivity contribution < 1.29 is 9.47 Å². The van der Waals surface area contributed by atoms with Crippen molar-refractivity contribution in [3.63, 3.8) is 0 Å². The average Bonchev–Trinajstić information content (AvgIpc) is 2.47. The van der Waals surface area contributed by atoms with Crippen molar-refractivity contribution in [1.82, 2.24) is 0 Å². The lowest BCUT2D eigenvalue weighted by Crippen LogP contribution is -1.95. The van der Waals surface area contributed by atoms with E-state index in [1.54, 1.807) is 20.4 Å². The number of aryl methyl sites for hydroxylation is 1. The Kier molecular flexibility index (Phi) is 4.60. The molecule has 4 heteroatoms. The van der Waals surface area contributed by atoms with Crippen LogP contribution >= 0.6 is 0 Å². The number of nitrogens with one attached hydrogen (secondary N) is 1. The molecule has 20 heavy (non-hydrogen) atoms. The van der Waals surface area contributed by atoms with Gasteiger partial charge in [-0.3, -0.25) is 5.43 Å². The Morgan fingerprint density at radius 2 is 1.90 bits per heavy atom. The molecule has 0 atom stereocenters. The van der Waals surface area contributed by atoms with Crippen molar-refractivity contribution in [2.45, 2.75) is 6.92 Å². The molecule has 2 aromatic rings. The molecule has 0 spiro atoms. The van der Waals surface area contributed by atoms with E-state index in [2.05, 4.69) is 10.5 Å². The van der Waals surface area contributed by atoms with Crippen molar-refractivity contribution in [3.05, 3.63) is 53.6 Å². The molecule has 4 nitrogen and oxygen atoms in total. The monoisotopic (exact) mass is 270 g/mol. The normalized spacial score (nSPS) is 10.6. The smallest absolute Gasteiger partial charge is 0.131 e. The Balaban J connectivity index is 2.11. The molecule has 2 rings (SSSR count). The summed E-state index contributed by atoms with van der Waals surface area (Å²) in [7, 11) is 3.25. The molecule has 0 heterocycles. The maximum atomic E-state index is 5.31. The zero-order valence-corrected chi connectivity index (χ0v) is 11.9. The summed E-state index contributed by atoms with van der Waals surface area (Å²) in [5.41, 5.74) is 6.02. The summed E-state index contributed by atoms with van der Waals surface area (Å²) in [6.45, 7) is 2.04. The number of benzene rings is 2. The number of ether oxygens (including phenoxy) is 2. The van der Waals surface area contributed by atoms with E-state index in [0.29, 0.717) is 0 Å². The predicted octanol–water partition coefficient (Wildman–Crippen LogP) is 3.46. The van der Waals surface area contributed by atoms with Crippen molar-refractivity contribution in [2.75, 3.05) is 19.6 Å². The number of methoxy groups -OCH3 is 2. The summed E-state index contributed by atoms with van der Waals surface area (Å²) >= 11 is 0. The van der Waals surface area contributed by atoms with E-state index in [4.69, 9.17) is 9.47 Å². The van der Waals surface area contributed by atoms with E-state index in [-0.39, 0.29) is 0 Å². The molecule has 0 saturated heterocycles. The zero-order valence-electron chi connectivity index (χ0n) is 11.9. The molecule has 0 radical (unpaired) electrons. The minimum atomic E-state index is 0.721. The van der Waals surface area contributed by atoms with Gasteiger partial charge in [0.25, 0.3) is 0 Å². The average molecular weight is 270 g/mol. The molecule has 104 valence electrons. The molecule has 0 amide bonds. The molecule has 0 aromatic heterocycles. The number of hydrogen-bond donors (Lipinski definition) is 1. The number of rotatable bonds is 5. The molecule has 0 bridgehead atoms.